The lowest BCUT2D eigenvalue weighted by Gasteiger charge is -2.06. The molecule has 2 heterocycles. The van der Waals surface area contributed by atoms with Crippen LogP contribution in [0.25, 0.3) is 5.69 Å². The molecule has 0 spiro atoms. The van der Waals surface area contributed by atoms with Crippen LogP contribution < -0.4 is 0 Å². The van der Waals surface area contributed by atoms with Crippen LogP contribution in [-0.2, 0) is 13.0 Å². The second kappa shape index (κ2) is 5.61. The van der Waals surface area contributed by atoms with Crippen LogP contribution in [0.5, 0.6) is 0 Å². The summed E-state index contributed by atoms with van der Waals surface area (Å²) in [5.41, 5.74) is 0.656. The van der Waals surface area contributed by atoms with Gasteiger partial charge in [0.25, 0.3) is 0 Å². The number of aryl methyl sites for hydroxylation is 1. The van der Waals surface area contributed by atoms with Crippen LogP contribution in [0.3, 0.4) is 0 Å². The quantitative estimate of drug-likeness (QED) is 0.742. The molecule has 0 aliphatic carbocycles. The van der Waals surface area contributed by atoms with Gasteiger partial charge < -0.3 is 0 Å². The Morgan fingerprint density at radius 2 is 2.19 bits per heavy atom. The van der Waals surface area contributed by atoms with Crippen molar-refractivity contribution in [1.29, 1.82) is 0 Å². The predicted molar refractivity (Wildman–Crippen MR) is 74.8 cm³/mol. The third-order valence-electron chi connectivity index (χ3n) is 2.96. The Kier molecular flexibility index (Phi) is 3.66. The first-order valence-corrected chi connectivity index (χ1v) is 6.79. The Labute approximate surface area is 125 Å². The van der Waals surface area contributed by atoms with Gasteiger partial charge in [-0.25, -0.2) is 18.7 Å². The Bertz CT molecular complexity index is 752. The van der Waals surface area contributed by atoms with Crippen molar-refractivity contribution in [2.45, 2.75) is 19.9 Å². The van der Waals surface area contributed by atoms with Crippen molar-refractivity contribution in [2.24, 2.45) is 0 Å². The summed E-state index contributed by atoms with van der Waals surface area (Å²) in [7, 11) is 0. The lowest BCUT2D eigenvalue weighted by Crippen LogP contribution is -2.09. The fraction of sp³-hybridized carbons (Fsp3) is 0.231. The Morgan fingerprint density at radius 1 is 1.33 bits per heavy atom. The number of hydrogen-bond donors (Lipinski definition) is 0. The average Bonchev–Trinajstić information content (AvgIpc) is 3.12. The molecule has 0 amide bonds. The fourth-order valence-electron chi connectivity index (χ4n) is 1.93. The van der Waals surface area contributed by atoms with E-state index in [1.165, 1.54) is 12.1 Å². The molecule has 0 aliphatic rings. The topological polar surface area (TPSA) is 61.4 Å². The maximum absolute atomic E-state index is 13.3. The largest absolute Gasteiger partial charge is 0.245 e. The molecule has 0 fully saturated rings. The zero-order chi connectivity index (χ0) is 14.8. The minimum Gasteiger partial charge on any atom is -0.245 e. The van der Waals surface area contributed by atoms with Crippen molar-refractivity contribution in [3.05, 3.63) is 53.1 Å². The second-order valence-electron chi connectivity index (χ2n) is 4.41. The number of rotatable bonds is 4. The first-order valence-electron chi connectivity index (χ1n) is 6.41. The summed E-state index contributed by atoms with van der Waals surface area (Å²) in [6, 6.07) is 4.44. The SMILES string of the molecule is CCc1nc(Cn2ccnn2)n(-c2ccc(F)c(Cl)c2)n1. The molecule has 3 aromatic rings. The van der Waals surface area contributed by atoms with Crippen molar-refractivity contribution in [2.75, 3.05) is 0 Å². The van der Waals surface area contributed by atoms with Gasteiger partial charge in [0.05, 0.1) is 16.9 Å². The van der Waals surface area contributed by atoms with E-state index in [0.717, 1.165) is 0 Å². The van der Waals surface area contributed by atoms with E-state index in [0.29, 0.717) is 30.3 Å². The molecule has 6 nitrogen and oxygen atoms in total. The molecule has 0 radical (unpaired) electrons. The van der Waals surface area contributed by atoms with E-state index >= 15 is 0 Å². The van der Waals surface area contributed by atoms with Crippen LogP contribution in [0.1, 0.15) is 18.6 Å². The van der Waals surface area contributed by atoms with Crippen LogP contribution in [0, 0.1) is 5.82 Å². The van der Waals surface area contributed by atoms with E-state index in [9.17, 15) is 4.39 Å². The Morgan fingerprint density at radius 3 is 2.86 bits per heavy atom. The summed E-state index contributed by atoms with van der Waals surface area (Å²) >= 11 is 5.84. The number of nitrogens with zero attached hydrogens (tertiary/aromatic N) is 6. The molecule has 21 heavy (non-hydrogen) atoms. The second-order valence-corrected chi connectivity index (χ2v) is 4.82. The van der Waals surface area contributed by atoms with Crippen LogP contribution >= 0.6 is 11.6 Å². The van der Waals surface area contributed by atoms with Gasteiger partial charge in [0.2, 0.25) is 0 Å². The van der Waals surface area contributed by atoms with E-state index in [1.807, 2.05) is 6.92 Å². The van der Waals surface area contributed by atoms with Gasteiger partial charge in [0.15, 0.2) is 11.6 Å². The fourth-order valence-corrected chi connectivity index (χ4v) is 2.10. The van der Waals surface area contributed by atoms with Gasteiger partial charge in [-0.15, -0.1) is 5.10 Å². The highest BCUT2D eigenvalue weighted by Gasteiger charge is 2.13. The monoisotopic (exact) mass is 306 g/mol. The van der Waals surface area contributed by atoms with Gasteiger partial charge in [-0.05, 0) is 18.2 Å². The first kappa shape index (κ1) is 13.7. The van der Waals surface area contributed by atoms with Crippen LogP contribution in [0.2, 0.25) is 5.02 Å². The van der Waals surface area contributed by atoms with Crippen LogP contribution in [0.15, 0.2) is 30.6 Å². The standard InChI is InChI=1S/C13H12ClFN6/c1-2-12-17-13(8-20-6-5-16-19-20)21(18-12)9-3-4-11(15)10(14)7-9/h3-7H,2,8H2,1H3. The summed E-state index contributed by atoms with van der Waals surface area (Å²) in [5, 5.41) is 12.1. The molecule has 0 saturated heterocycles. The lowest BCUT2D eigenvalue weighted by molar-refractivity contribution is 0.607. The Balaban J connectivity index is 2.03. The summed E-state index contributed by atoms with van der Waals surface area (Å²) in [6.45, 7) is 2.39. The third-order valence-corrected chi connectivity index (χ3v) is 3.25. The number of aromatic nitrogens is 6. The summed E-state index contributed by atoms with van der Waals surface area (Å²) in [6.07, 6.45) is 4.03. The number of halogens is 2. The van der Waals surface area contributed by atoms with E-state index < -0.39 is 5.82 Å². The van der Waals surface area contributed by atoms with Gasteiger partial charge in [0.1, 0.15) is 12.4 Å². The van der Waals surface area contributed by atoms with Crippen molar-refractivity contribution in [3.8, 4) is 5.69 Å². The highest BCUT2D eigenvalue weighted by Crippen LogP contribution is 2.19. The van der Waals surface area contributed by atoms with E-state index in [4.69, 9.17) is 11.6 Å². The predicted octanol–water partition coefficient (Wildman–Crippen LogP) is 2.26. The average molecular weight is 307 g/mol. The lowest BCUT2D eigenvalue weighted by atomic mass is 10.3. The van der Waals surface area contributed by atoms with Gasteiger partial charge in [-0.3, -0.25) is 0 Å². The summed E-state index contributed by atoms with van der Waals surface area (Å²) < 4.78 is 16.6. The summed E-state index contributed by atoms with van der Waals surface area (Å²) in [5.74, 6) is 0.916. The first-order chi connectivity index (χ1) is 10.2. The van der Waals surface area contributed by atoms with Crippen molar-refractivity contribution < 1.29 is 4.39 Å². The van der Waals surface area contributed by atoms with E-state index in [2.05, 4.69) is 20.4 Å². The van der Waals surface area contributed by atoms with Crippen molar-refractivity contribution >= 4 is 11.6 Å². The van der Waals surface area contributed by atoms with Crippen LogP contribution in [0.4, 0.5) is 4.39 Å². The zero-order valence-corrected chi connectivity index (χ0v) is 12.0. The maximum atomic E-state index is 13.3. The molecule has 8 heteroatoms. The van der Waals surface area contributed by atoms with E-state index in [1.54, 1.807) is 27.8 Å². The smallest absolute Gasteiger partial charge is 0.154 e. The molecule has 0 N–H and O–H groups in total. The molecule has 0 unspecified atom stereocenters. The zero-order valence-electron chi connectivity index (χ0n) is 11.2. The summed E-state index contributed by atoms with van der Waals surface area (Å²) in [4.78, 5) is 4.46. The molecular weight excluding hydrogens is 295 g/mol. The van der Waals surface area contributed by atoms with Crippen molar-refractivity contribution in [3.63, 3.8) is 0 Å². The molecule has 0 atom stereocenters. The normalized spacial score (nSPS) is 11.0. The van der Waals surface area contributed by atoms with Gasteiger partial charge in [-0.2, -0.15) is 5.10 Å². The molecule has 2 aromatic heterocycles. The van der Waals surface area contributed by atoms with Gasteiger partial charge in [0, 0.05) is 12.6 Å². The minimum atomic E-state index is -0.464. The molecule has 108 valence electrons. The van der Waals surface area contributed by atoms with E-state index in [-0.39, 0.29) is 5.02 Å². The molecule has 0 aliphatic heterocycles. The highest BCUT2D eigenvalue weighted by molar-refractivity contribution is 6.30. The van der Waals surface area contributed by atoms with Gasteiger partial charge >= 0.3 is 0 Å². The number of hydrogen-bond acceptors (Lipinski definition) is 4. The molecule has 0 saturated carbocycles. The highest BCUT2D eigenvalue weighted by atomic mass is 35.5. The third kappa shape index (κ3) is 2.78. The van der Waals surface area contributed by atoms with Crippen LogP contribution in [-0.4, -0.2) is 29.8 Å². The maximum Gasteiger partial charge on any atom is 0.154 e. The Hall–Kier alpha value is -2.28. The van der Waals surface area contributed by atoms with Crippen molar-refractivity contribution in [1.82, 2.24) is 29.8 Å². The molecule has 0 bridgehead atoms. The molecular formula is C13H12ClFN6. The number of benzene rings is 1. The van der Waals surface area contributed by atoms with Gasteiger partial charge in [-0.1, -0.05) is 23.7 Å². The minimum absolute atomic E-state index is 0.0488. The molecule has 1 aromatic carbocycles. The molecule has 3 rings (SSSR count).